The van der Waals surface area contributed by atoms with Crippen LogP contribution in [0.3, 0.4) is 0 Å². The standard InChI is InChI=1S/C20H24N4O5/c1-20(2,3)9-16(25)24-12-6-7-15-13(8-12)17(23-11-22-15)21-10-14(18(26)28-4)19(27)29-5/h6-8,10-11H,9H2,1-5H3,(H,24,25)(H,21,22,23). The second-order valence-corrected chi connectivity index (χ2v) is 7.43. The average Bonchev–Trinajstić information content (AvgIpc) is 2.66. The molecule has 9 nitrogen and oxygen atoms in total. The smallest absolute Gasteiger partial charge is 0.346 e. The Bertz CT molecular complexity index is 945. The van der Waals surface area contributed by atoms with E-state index in [0.29, 0.717) is 28.8 Å². The van der Waals surface area contributed by atoms with E-state index in [-0.39, 0.29) is 16.9 Å². The minimum Gasteiger partial charge on any atom is -0.465 e. The number of carbonyl (C=O) groups excluding carboxylic acids is 3. The minimum absolute atomic E-state index is 0.109. The Morgan fingerprint density at radius 2 is 1.72 bits per heavy atom. The number of methoxy groups -OCH3 is 2. The summed E-state index contributed by atoms with van der Waals surface area (Å²) >= 11 is 0. The summed E-state index contributed by atoms with van der Waals surface area (Å²) in [5.74, 6) is -1.47. The molecule has 0 radical (unpaired) electrons. The lowest BCUT2D eigenvalue weighted by atomic mass is 9.92. The maximum absolute atomic E-state index is 12.2. The van der Waals surface area contributed by atoms with E-state index in [1.54, 1.807) is 18.2 Å². The van der Waals surface area contributed by atoms with Crippen LogP contribution in [-0.2, 0) is 23.9 Å². The van der Waals surface area contributed by atoms with Gasteiger partial charge in [-0.3, -0.25) is 4.79 Å². The van der Waals surface area contributed by atoms with E-state index >= 15 is 0 Å². The molecular weight excluding hydrogens is 376 g/mol. The van der Waals surface area contributed by atoms with E-state index in [2.05, 4.69) is 30.1 Å². The predicted molar refractivity (Wildman–Crippen MR) is 108 cm³/mol. The van der Waals surface area contributed by atoms with Crippen molar-refractivity contribution in [3.05, 3.63) is 36.3 Å². The largest absolute Gasteiger partial charge is 0.465 e. The molecule has 1 amide bonds. The lowest BCUT2D eigenvalue weighted by Gasteiger charge is -2.17. The first-order valence-corrected chi connectivity index (χ1v) is 8.82. The number of aromatic nitrogens is 2. The Balaban J connectivity index is 2.34. The third-order valence-electron chi connectivity index (χ3n) is 3.77. The van der Waals surface area contributed by atoms with Crippen LogP contribution in [0, 0.1) is 5.41 Å². The van der Waals surface area contributed by atoms with Gasteiger partial charge in [0.05, 0.1) is 19.7 Å². The van der Waals surface area contributed by atoms with E-state index in [4.69, 9.17) is 0 Å². The molecule has 0 atom stereocenters. The Hall–Kier alpha value is -3.49. The zero-order valence-corrected chi connectivity index (χ0v) is 17.0. The Labute approximate surface area is 168 Å². The molecule has 0 unspecified atom stereocenters. The highest BCUT2D eigenvalue weighted by molar-refractivity contribution is 6.14. The first-order chi connectivity index (χ1) is 13.6. The molecule has 2 rings (SSSR count). The molecule has 2 N–H and O–H groups in total. The summed E-state index contributed by atoms with van der Waals surface area (Å²) in [6.07, 6.45) is 2.86. The van der Waals surface area contributed by atoms with Crippen LogP contribution >= 0.6 is 0 Å². The summed E-state index contributed by atoms with van der Waals surface area (Å²) in [6, 6.07) is 5.19. The number of ether oxygens (including phenoxy) is 2. The zero-order chi connectivity index (χ0) is 21.6. The van der Waals surface area contributed by atoms with Crippen molar-refractivity contribution in [2.75, 3.05) is 24.9 Å². The molecule has 1 aromatic carbocycles. The SMILES string of the molecule is COC(=O)C(=CNc1ncnc2ccc(NC(=O)CC(C)(C)C)cc12)C(=O)OC. The van der Waals surface area contributed by atoms with Crippen LogP contribution in [0.2, 0.25) is 0 Å². The van der Waals surface area contributed by atoms with Gasteiger partial charge in [0.15, 0.2) is 5.57 Å². The van der Waals surface area contributed by atoms with Gasteiger partial charge in [-0.1, -0.05) is 20.8 Å². The number of fused-ring (bicyclic) bond motifs is 1. The van der Waals surface area contributed by atoms with Crippen molar-refractivity contribution in [1.29, 1.82) is 0 Å². The third kappa shape index (κ3) is 6.00. The van der Waals surface area contributed by atoms with E-state index in [1.165, 1.54) is 6.33 Å². The number of benzene rings is 1. The molecule has 2 aromatic rings. The van der Waals surface area contributed by atoms with Crippen molar-refractivity contribution in [3.8, 4) is 0 Å². The van der Waals surface area contributed by atoms with Crippen LogP contribution in [0.4, 0.5) is 11.5 Å². The van der Waals surface area contributed by atoms with E-state index < -0.39 is 11.9 Å². The second-order valence-electron chi connectivity index (χ2n) is 7.43. The van der Waals surface area contributed by atoms with Crippen LogP contribution in [0.5, 0.6) is 0 Å². The molecule has 0 spiro atoms. The summed E-state index contributed by atoms with van der Waals surface area (Å²) < 4.78 is 9.17. The van der Waals surface area contributed by atoms with Crippen LogP contribution in [0.15, 0.2) is 36.3 Å². The Kier molecular flexibility index (Phi) is 6.87. The van der Waals surface area contributed by atoms with E-state index in [0.717, 1.165) is 20.4 Å². The van der Waals surface area contributed by atoms with Crippen LogP contribution in [-0.4, -0.2) is 42.0 Å². The summed E-state index contributed by atoms with van der Waals surface area (Å²) in [5.41, 5.74) is 0.730. The first kappa shape index (κ1) is 21.8. The summed E-state index contributed by atoms with van der Waals surface area (Å²) in [4.78, 5) is 44.1. The second kappa shape index (κ2) is 9.13. The minimum atomic E-state index is -0.849. The maximum Gasteiger partial charge on any atom is 0.346 e. The van der Waals surface area contributed by atoms with Crippen LogP contribution < -0.4 is 10.6 Å². The third-order valence-corrected chi connectivity index (χ3v) is 3.77. The highest BCUT2D eigenvalue weighted by atomic mass is 16.5. The molecule has 0 bridgehead atoms. The fraction of sp³-hybridized carbons (Fsp3) is 0.350. The summed E-state index contributed by atoms with van der Waals surface area (Å²) in [7, 11) is 2.32. The van der Waals surface area contributed by atoms with Gasteiger partial charge in [0.1, 0.15) is 12.1 Å². The van der Waals surface area contributed by atoms with Gasteiger partial charge in [0, 0.05) is 23.7 Å². The molecule has 0 aliphatic rings. The van der Waals surface area contributed by atoms with Gasteiger partial charge in [-0.25, -0.2) is 19.6 Å². The Morgan fingerprint density at radius 1 is 1.07 bits per heavy atom. The van der Waals surface area contributed by atoms with Gasteiger partial charge in [-0.15, -0.1) is 0 Å². The lowest BCUT2D eigenvalue weighted by Crippen LogP contribution is -2.19. The number of nitrogens with one attached hydrogen (secondary N) is 2. The van der Waals surface area contributed by atoms with Crippen molar-refractivity contribution < 1.29 is 23.9 Å². The number of rotatable bonds is 6. The van der Waals surface area contributed by atoms with Crippen molar-refractivity contribution in [3.63, 3.8) is 0 Å². The van der Waals surface area contributed by atoms with Crippen LogP contribution in [0.25, 0.3) is 10.9 Å². The van der Waals surface area contributed by atoms with Gasteiger partial charge >= 0.3 is 11.9 Å². The molecule has 1 heterocycles. The molecule has 9 heteroatoms. The molecule has 154 valence electrons. The van der Waals surface area contributed by atoms with E-state index in [9.17, 15) is 14.4 Å². The van der Waals surface area contributed by atoms with Gasteiger partial charge in [-0.05, 0) is 23.6 Å². The Morgan fingerprint density at radius 3 is 2.31 bits per heavy atom. The topological polar surface area (TPSA) is 120 Å². The average molecular weight is 400 g/mol. The van der Waals surface area contributed by atoms with Crippen molar-refractivity contribution in [1.82, 2.24) is 9.97 Å². The number of hydrogen-bond acceptors (Lipinski definition) is 8. The fourth-order valence-corrected chi connectivity index (χ4v) is 2.50. The molecular formula is C20H24N4O5. The van der Waals surface area contributed by atoms with Gasteiger partial charge in [0.25, 0.3) is 0 Å². The number of hydrogen-bond donors (Lipinski definition) is 2. The summed E-state index contributed by atoms with van der Waals surface area (Å²) in [6.45, 7) is 5.94. The molecule has 0 saturated heterocycles. The lowest BCUT2D eigenvalue weighted by molar-refractivity contribution is -0.144. The maximum atomic E-state index is 12.2. The normalized spacial score (nSPS) is 10.8. The molecule has 0 fully saturated rings. The summed E-state index contributed by atoms with van der Waals surface area (Å²) in [5, 5.41) is 6.25. The molecule has 0 aliphatic heterocycles. The van der Waals surface area contributed by atoms with Crippen molar-refractivity contribution in [2.24, 2.45) is 5.41 Å². The molecule has 0 aliphatic carbocycles. The molecule has 1 aromatic heterocycles. The highest BCUT2D eigenvalue weighted by Crippen LogP contribution is 2.25. The monoisotopic (exact) mass is 400 g/mol. The van der Waals surface area contributed by atoms with Crippen molar-refractivity contribution in [2.45, 2.75) is 27.2 Å². The molecule has 29 heavy (non-hydrogen) atoms. The van der Waals surface area contributed by atoms with Crippen molar-refractivity contribution >= 4 is 40.3 Å². The number of esters is 2. The fourth-order valence-electron chi connectivity index (χ4n) is 2.50. The van der Waals surface area contributed by atoms with Gasteiger partial charge < -0.3 is 20.1 Å². The number of anilines is 2. The predicted octanol–water partition coefficient (Wildman–Crippen LogP) is 2.65. The van der Waals surface area contributed by atoms with E-state index in [1.807, 2.05) is 20.8 Å². The van der Waals surface area contributed by atoms with Crippen LogP contribution in [0.1, 0.15) is 27.2 Å². The quantitative estimate of drug-likeness (QED) is 0.329. The zero-order valence-electron chi connectivity index (χ0n) is 17.0. The number of carbonyl (C=O) groups is 3. The molecule has 0 saturated carbocycles. The van der Waals surface area contributed by atoms with Gasteiger partial charge in [-0.2, -0.15) is 0 Å². The number of amides is 1. The number of nitrogens with zero attached hydrogens (tertiary/aromatic N) is 2. The van der Waals surface area contributed by atoms with Gasteiger partial charge in [0.2, 0.25) is 5.91 Å². The highest BCUT2D eigenvalue weighted by Gasteiger charge is 2.20. The first-order valence-electron chi connectivity index (χ1n) is 8.82.